The van der Waals surface area contributed by atoms with Crippen LogP contribution in [0.3, 0.4) is 0 Å². The summed E-state index contributed by atoms with van der Waals surface area (Å²) >= 11 is 0. The fourth-order valence-corrected chi connectivity index (χ4v) is 3.91. The molecule has 0 unspecified atom stereocenters. The van der Waals surface area contributed by atoms with Crippen LogP contribution in [0.2, 0.25) is 0 Å². The minimum absolute atomic E-state index is 0.295. The second-order valence-electron chi connectivity index (χ2n) is 7.41. The highest BCUT2D eigenvalue weighted by Crippen LogP contribution is 2.24. The molecule has 142 valence electrons. The summed E-state index contributed by atoms with van der Waals surface area (Å²) in [7, 11) is 3.20. The Kier molecular flexibility index (Phi) is 4.37. The number of piperidine rings is 1. The Morgan fingerprint density at radius 3 is 2.48 bits per heavy atom. The molecule has 0 amide bonds. The highest BCUT2D eigenvalue weighted by molar-refractivity contribution is 5.74. The number of nitrogens with zero attached hydrogens (tertiary/aromatic N) is 5. The van der Waals surface area contributed by atoms with Gasteiger partial charge in [0.2, 0.25) is 5.95 Å². The van der Waals surface area contributed by atoms with E-state index in [-0.39, 0.29) is 11.2 Å². The number of fused-ring (bicyclic) bond motifs is 1. The summed E-state index contributed by atoms with van der Waals surface area (Å²) in [6.45, 7) is 4.46. The van der Waals surface area contributed by atoms with Gasteiger partial charge in [0.15, 0.2) is 11.2 Å². The van der Waals surface area contributed by atoms with Gasteiger partial charge in [0.25, 0.3) is 5.56 Å². The maximum atomic E-state index is 12.9. The van der Waals surface area contributed by atoms with Crippen LogP contribution in [0.15, 0.2) is 33.9 Å². The fourth-order valence-electron chi connectivity index (χ4n) is 3.91. The molecule has 1 aromatic carbocycles. The molecule has 3 heterocycles. The summed E-state index contributed by atoms with van der Waals surface area (Å²) in [6, 6.07) is 8.27. The van der Waals surface area contributed by atoms with E-state index in [0.717, 1.165) is 42.0 Å². The van der Waals surface area contributed by atoms with Crippen LogP contribution >= 0.6 is 0 Å². The molecule has 1 aliphatic rings. The number of benzene rings is 1. The molecule has 1 aliphatic heterocycles. The van der Waals surface area contributed by atoms with E-state index in [2.05, 4.69) is 30.0 Å². The molecule has 0 atom stereocenters. The first kappa shape index (κ1) is 17.6. The molecule has 1 fully saturated rings. The summed E-state index contributed by atoms with van der Waals surface area (Å²) in [6.07, 6.45) is 3.45. The molecule has 2 aromatic heterocycles. The van der Waals surface area contributed by atoms with E-state index in [1.54, 1.807) is 7.05 Å². The second kappa shape index (κ2) is 6.72. The number of hydrogen-bond donors (Lipinski definition) is 0. The van der Waals surface area contributed by atoms with Gasteiger partial charge in [-0.1, -0.05) is 29.8 Å². The lowest BCUT2D eigenvalue weighted by Gasteiger charge is -2.28. The van der Waals surface area contributed by atoms with Crippen LogP contribution in [-0.2, 0) is 20.6 Å². The van der Waals surface area contributed by atoms with Crippen LogP contribution in [0, 0.1) is 6.92 Å². The summed E-state index contributed by atoms with van der Waals surface area (Å²) in [5.74, 6) is 0.782. The molecule has 27 heavy (non-hydrogen) atoms. The van der Waals surface area contributed by atoms with Crippen LogP contribution in [0.1, 0.15) is 30.4 Å². The lowest BCUT2D eigenvalue weighted by molar-refractivity contribution is 0.560. The molecule has 3 aromatic rings. The Morgan fingerprint density at radius 2 is 1.78 bits per heavy atom. The van der Waals surface area contributed by atoms with E-state index < -0.39 is 0 Å². The van der Waals surface area contributed by atoms with Crippen molar-refractivity contribution < 1.29 is 0 Å². The van der Waals surface area contributed by atoms with E-state index in [4.69, 9.17) is 4.98 Å². The van der Waals surface area contributed by atoms with Gasteiger partial charge in [-0.2, -0.15) is 4.98 Å². The minimum Gasteiger partial charge on any atom is -0.342 e. The van der Waals surface area contributed by atoms with Gasteiger partial charge >= 0.3 is 5.69 Å². The third-order valence-electron chi connectivity index (χ3n) is 5.39. The number of aryl methyl sites for hydroxylation is 2. The van der Waals surface area contributed by atoms with Crippen LogP contribution in [-0.4, -0.2) is 31.8 Å². The average Bonchev–Trinajstić information content (AvgIpc) is 3.05. The van der Waals surface area contributed by atoms with Crippen molar-refractivity contribution in [1.82, 2.24) is 18.7 Å². The SMILES string of the molecule is Cc1cccc(Cn2c(N3CCCCC3)nc3c2c(=O)n(C)c(=O)n3C)c1. The number of anilines is 1. The Hall–Kier alpha value is -2.83. The van der Waals surface area contributed by atoms with Crippen LogP contribution in [0.4, 0.5) is 5.95 Å². The van der Waals surface area contributed by atoms with E-state index in [0.29, 0.717) is 17.7 Å². The number of hydrogen-bond acceptors (Lipinski definition) is 4. The van der Waals surface area contributed by atoms with Crippen molar-refractivity contribution in [2.75, 3.05) is 18.0 Å². The average molecular weight is 367 g/mol. The molecule has 0 saturated carbocycles. The van der Waals surface area contributed by atoms with Crippen molar-refractivity contribution >= 4 is 17.1 Å². The van der Waals surface area contributed by atoms with Crippen molar-refractivity contribution in [3.05, 3.63) is 56.2 Å². The Bertz CT molecular complexity index is 1120. The van der Waals surface area contributed by atoms with Gasteiger partial charge in [-0.3, -0.25) is 18.5 Å². The predicted octanol–water partition coefficient (Wildman–Crippen LogP) is 1.78. The zero-order chi connectivity index (χ0) is 19.1. The van der Waals surface area contributed by atoms with Gasteiger partial charge in [0.1, 0.15) is 0 Å². The van der Waals surface area contributed by atoms with Crippen LogP contribution < -0.4 is 16.1 Å². The minimum atomic E-state index is -0.349. The van der Waals surface area contributed by atoms with Gasteiger partial charge in [-0.05, 0) is 31.7 Å². The fraction of sp³-hybridized carbons (Fsp3) is 0.450. The first-order chi connectivity index (χ1) is 13.0. The number of imidazole rings is 1. The lowest BCUT2D eigenvalue weighted by atomic mass is 10.1. The highest BCUT2D eigenvalue weighted by atomic mass is 16.2. The van der Waals surface area contributed by atoms with Crippen molar-refractivity contribution in [3.8, 4) is 0 Å². The van der Waals surface area contributed by atoms with Crippen molar-refractivity contribution in [2.24, 2.45) is 14.1 Å². The van der Waals surface area contributed by atoms with Gasteiger partial charge < -0.3 is 4.90 Å². The third-order valence-corrected chi connectivity index (χ3v) is 5.39. The summed E-state index contributed by atoms with van der Waals surface area (Å²) in [4.78, 5) is 32.3. The van der Waals surface area contributed by atoms with Crippen LogP contribution in [0.5, 0.6) is 0 Å². The van der Waals surface area contributed by atoms with Crippen molar-refractivity contribution in [1.29, 1.82) is 0 Å². The Labute approximate surface area is 157 Å². The van der Waals surface area contributed by atoms with Crippen molar-refractivity contribution in [3.63, 3.8) is 0 Å². The maximum absolute atomic E-state index is 12.9. The number of rotatable bonds is 3. The molecular weight excluding hydrogens is 342 g/mol. The predicted molar refractivity (Wildman–Crippen MR) is 107 cm³/mol. The lowest BCUT2D eigenvalue weighted by Crippen LogP contribution is -2.37. The van der Waals surface area contributed by atoms with E-state index in [1.165, 1.54) is 23.6 Å². The monoisotopic (exact) mass is 367 g/mol. The molecule has 7 heteroatoms. The van der Waals surface area contributed by atoms with Gasteiger partial charge in [0.05, 0.1) is 6.54 Å². The van der Waals surface area contributed by atoms with Gasteiger partial charge in [0, 0.05) is 27.2 Å². The summed E-state index contributed by atoms with van der Waals surface area (Å²) in [5, 5.41) is 0. The van der Waals surface area contributed by atoms with E-state index in [9.17, 15) is 9.59 Å². The molecule has 0 radical (unpaired) electrons. The smallest absolute Gasteiger partial charge is 0.332 e. The van der Waals surface area contributed by atoms with Gasteiger partial charge in [-0.15, -0.1) is 0 Å². The standard InChI is InChI=1S/C20H25N5O2/c1-14-8-7-9-15(12-14)13-25-16-17(22(2)20(27)23(3)18(16)26)21-19(25)24-10-5-4-6-11-24/h7-9,12H,4-6,10-11,13H2,1-3H3. The molecule has 0 aliphatic carbocycles. The molecular formula is C20H25N5O2. The molecule has 7 nitrogen and oxygen atoms in total. The maximum Gasteiger partial charge on any atom is 0.332 e. The number of aromatic nitrogens is 4. The summed E-state index contributed by atoms with van der Waals surface area (Å²) < 4.78 is 4.62. The zero-order valence-electron chi connectivity index (χ0n) is 16.1. The van der Waals surface area contributed by atoms with Gasteiger partial charge in [-0.25, -0.2) is 4.79 Å². The van der Waals surface area contributed by atoms with E-state index in [1.807, 2.05) is 10.6 Å². The largest absolute Gasteiger partial charge is 0.342 e. The van der Waals surface area contributed by atoms with Crippen LogP contribution in [0.25, 0.3) is 11.2 Å². The molecule has 0 spiro atoms. The quantitative estimate of drug-likeness (QED) is 0.708. The normalized spacial score (nSPS) is 14.9. The summed E-state index contributed by atoms with van der Waals surface area (Å²) in [5.41, 5.74) is 2.59. The highest BCUT2D eigenvalue weighted by Gasteiger charge is 2.23. The zero-order valence-corrected chi connectivity index (χ0v) is 16.1. The topological polar surface area (TPSA) is 65.1 Å². The van der Waals surface area contributed by atoms with Crippen molar-refractivity contribution in [2.45, 2.75) is 32.7 Å². The first-order valence-corrected chi connectivity index (χ1v) is 9.44. The Morgan fingerprint density at radius 1 is 1.04 bits per heavy atom. The molecule has 0 N–H and O–H groups in total. The molecule has 4 rings (SSSR count). The molecule has 1 saturated heterocycles. The second-order valence-corrected chi connectivity index (χ2v) is 7.41. The Balaban J connectivity index is 1.97. The molecule has 0 bridgehead atoms. The first-order valence-electron chi connectivity index (χ1n) is 9.44. The third kappa shape index (κ3) is 2.97. The van der Waals surface area contributed by atoms with E-state index >= 15 is 0 Å².